The maximum atomic E-state index is 8.74. The SMILES string of the molecule is OCCO[Si]12OCCN(CCO1)CCO2. The maximum Gasteiger partial charge on any atom is 0.679 e. The Balaban J connectivity index is 1.98. The van der Waals surface area contributed by atoms with Gasteiger partial charge in [0.1, 0.15) is 0 Å². The molecule has 0 spiro atoms. The monoisotopic (exact) mass is 235 g/mol. The van der Waals surface area contributed by atoms with Crippen molar-refractivity contribution in [2.24, 2.45) is 0 Å². The van der Waals surface area contributed by atoms with Gasteiger partial charge in [0.2, 0.25) is 0 Å². The van der Waals surface area contributed by atoms with Gasteiger partial charge in [0.15, 0.2) is 0 Å². The van der Waals surface area contributed by atoms with E-state index in [2.05, 4.69) is 4.90 Å². The van der Waals surface area contributed by atoms with E-state index in [9.17, 15) is 0 Å². The van der Waals surface area contributed by atoms with Gasteiger partial charge in [-0.15, -0.1) is 0 Å². The van der Waals surface area contributed by atoms with Gasteiger partial charge in [0.05, 0.1) is 33.0 Å². The first kappa shape index (κ1) is 11.5. The summed E-state index contributed by atoms with van der Waals surface area (Å²) in [6.45, 7) is 4.54. The molecule has 3 aliphatic heterocycles. The van der Waals surface area contributed by atoms with Gasteiger partial charge in [-0.05, 0) is 0 Å². The van der Waals surface area contributed by atoms with Crippen molar-refractivity contribution in [2.75, 3.05) is 52.7 Å². The van der Waals surface area contributed by atoms with Gasteiger partial charge in [0.25, 0.3) is 0 Å². The average Bonchev–Trinajstić information content (AvgIpc) is 2.14. The van der Waals surface area contributed by atoms with Gasteiger partial charge in [-0.2, -0.15) is 0 Å². The Hall–Kier alpha value is -0.0231. The molecule has 88 valence electrons. The van der Waals surface area contributed by atoms with Crippen molar-refractivity contribution in [2.45, 2.75) is 0 Å². The topological polar surface area (TPSA) is 60.4 Å². The number of fused-ring (bicyclic) bond motifs is 6. The summed E-state index contributed by atoms with van der Waals surface area (Å²) < 4.78 is 22.1. The summed E-state index contributed by atoms with van der Waals surface area (Å²) in [5, 5.41) is 8.74. The predicted molar refractivity (Wildman–Crippen MR) is 53.1 cm³/mol. The second-order valence-electron chi connectivity index (χ2n) is 3.46. The molecule has 0 atom stereocenters. The van der Waals surface area contributed by atoms with Crippen LogP contribution in [0.15, 0.2) is 0 Å². The van der Waals surface area contributed by atoms with Gasteiger partial charge in [0, 0.05) is 19.6 Å². The Bertz CT molecular complexity index is 173. The lowest BCUT2D eigenvalue weighted by molar-refractivity contribution is -0.0777. The van der Waals surface area contributed by atoms with E-state index < -0.39 is 9.05 Å². The summed E-state index contributed by atoms with van der Waals surface area (Å²) in [6, 6.07) is 0. The average molecular weight is 235 g/mol. The van der Waals surface area contributed by atoms with Crippen LogP contribution < -0.4 is 0 Å². The molecule has 3 saturated heterocycles. The molecule has 2 bridgehead atoms. The zero-order valence-electron chi connectivity index (χ0n) is 8.68. The first-order valence-corrected chi connectivity index (χ1v) is 6.87. The van der Waals surface area contributed by atoms with Gasteiger partial charge in [-0.25, -0.2) is 0 Å². The van der Waals surface area contributed by atoms with Gasteiger partial charge >= 0.3 is 9.05 Å². The fourth-order valence-corrected chi connectivity index (χ4v) is 3.52. The van der Waals surface area contributed by atoms with Crippen LogP contribution in [0.5, 0.6) is 0 Å². The number of aliphatic hydroxyl groups is 1. The lowest BCUT2D eigenvalue weighted by atomic mass is 10.4. The lowest BCUT2D eigenvalue weighted by Gasteiger charge is -2.36. The smallest absolute Gasteiger partial charge is 0.394 e. The number of nitrogens with zero attached hydrogens (tertiary/aromatic N) is 1. The summed E-state index contributed by atoms with van der Waals surface area (Å²) >= 11 is 0. The van der Waals surface area contributed by atoms with Crippen LogP contribution in [0, 0.1) is 0 Å². The third kappa shape index (κ3) is 2.97. The highest BCUT2D eigenvalue weighted by Gasteiger charge is 2.47. The van der Waals surface area contributed by atoms with Gasteiger partial charge in [-0.1, -0.05) is 0 Å². The van der Waals surface area contributed by atoms with Crippen LogP contribution in [0.4, 0.5) is 0 Å². The van der Waals surface area contributed by atoms with Crippen LogP contribution in [-0.2, 0) is 17.7 Å². The van der Waals surface area contributed by atoms with Crippen LogP contribution in [-0.4, -0.2) is 71.7 Å². The molecule has 7 heteroatoms. The molecular weight excluding hydrogens is 218 g/mol. The lowest BCUT2D eigenvalue weighted by Crippen LogP contribution is -2.57. The molecule has 0 saturated carbocycles. The van der Waals surface area contributed by atoms with E-state index >= 15 is 0 Å². The van der Waals surface area contributed by atoms with Crippen LogP contribution in [0.25, 0.3) is 0 Å². The molecule has 6 nitrogen and oxygen atoms in total. The minimum Gasteiger partial charge on any atom is -0.394 e. The molecular formula is C8H17NO5Si. The molecule has 3 rings (SSSR count). The van der Waals surface area contributed by atoms with Crippen molar-refractivity contribution in [3.63, 3.8) is 0 Å². The molecule has 0 aliphatic carbocycles. The van der Waals surface area contributed by atoms with Crippen molar-refractivity contribution < 1.29 is 22.8 Å². The zero-order chi connectivity index (χ0) is 10.6. The fraction of sp³-hybridized carbons (Fsp3) is 1.00. The summed E-state index contributed by atoms with van der Waals surface area (Å²) in [5.41, 5.74) is 0. The van der Waals surface area contributed by atoms with Gasteiger partial charge < -0.3 is 22.8 Å². The van der Waals surface area contributed by atoms with Crippen LogP contribution >= 0.6 is 0 Å². The number of aliphatic hydroxyl groups excluding tert-OH is 1. The zero-order valence-corrected chi connectivity index (χ0v) is 9.68. The molecule has 3 fully saturated rings. The van der Waals surface area contributed by atoms with E-state index in [-0.39, 0.29) is 13.2 Å². The largest absolute Gasteiger partial charge is 0.679 e. The molecule has 0 unspecified atom stereocenters. The van der Waals surface area contributed by atoms with E-state index in [1.165, 1.54) is 0 Å². The standard InChI is InChI=1S/C8H17NO5Si/c10-4-8-14-15-11-5-1-9(2-6-12-15)3-7-13-15/h10H,1-8H2. The van der Waals surface area contributed by atoms with E-state index in [1.807, 2.05) is 0 Å². The minimum absolute atomic E-state index is 0.0447. The van der Waals surface area contributed by atoms with Crippen LogP contribution in [0.2, 0.25) is 0 Å². The van der Waals surface area contributed by atoms with Gasteiger partial charge in [-0.3, -0.25) is 4.90 Å². The Morgan fingerprint density at radius 1 is 1.07 bits per heavy atom. The van der Waals surface area contributed by atoms with Crippen LogP contribution in [0.1, 0.15) is 0 Å². The molecule has 1 N–H and O–H groups in total. The Morgan fingerprint density at radius 2 is 1.60 bits per heavy atom. The second kappa shape index (κ2) is 5.35. The first-order chi connectivity index (χ1) is 7.35. The quantitative estimate of drug-likeness (QED) is 0.621. The Morgan fingerprint density at radius 3 is 2.07 bits per heavy atom. The second-order valence-corrected chi connectivity index (χ2v) is 5.61. The molecule has 0 amide bonds. The maximum absolute atomic E-state index is 8.74. The fourth-order valence-electron chi connectivity index (χ4n) is 1.66. The summed E-state index contributed by atoms with van der Waals surface area (Å²) in [6.07, 6.45) is 0. The number of hydrogen-bond acceptors (Lipinski definition) is 6. The Kier molecular flexibility index (Phi) is 4.09. The van der Waals surface area contributed by atoms with Crippen molar-refractivity contribution in [1.29, 1.82) is 0 Å². The highest BCUT2D eigenvalue weighted by Crippen LogP contribution is 2.16. The summed E-state index contributed by atoms with van der Waals surface area (Å²) in [7, 11) is -2.93. The number of hydrogen-bond donors (Lipinski definition) is 1. The van der Waals surface area contributed by atoms with Crippen molar-refractivity contribution in [3.8, 4) is 0 Å². The van der Waals surface area contributed by atoms with E-state index in [0.29, 0.717) is 19.8 Å². The number of rotatable bonds is 3. The molecule has 3 heterocycles. The first-order valence-electron chi connectivity index (χ1n) is 5.24. The molecule has 0 aromatic rings. The molecule has 15 heavy (non-hydrogen) atoms. The summed E-state index contributed by atoms with van der Waals surface area (Å²) in [5.74, 6) is 0. The molecule has 3 aliphatic rings. The van der Waals surface area contributed by atoms with E-state index in [0.717, 1.165) is 19.6 Å². The van der Waals surface area contributed by atoms with Crippen molar-refractivity contribution in [1.82, 2.24) is 4.90 Å². The third-order valence-corrected chi connectivity index (χ3v) is 4.66. The summed E-state index contributed by atoms with van der Waals surface area (Å²) in [4.78, 5) is 2.24. The van der Waals surface area contributed by atoms with E-state index in [4.69, 9.17) is 22.8 Å². The van der Waals surface area contributed by atoms with Crippen molar-refractivity contribution >= 4 is 9.05 Å². The van der Waals surface area contributed by atoms with Crippen molar-refractivity contribution in [3.05, 3.63) is 0 Å². The van der Waals surface area contributed by atoms with Crippen LogP contribution in [0.3, 0.4) is 0 Å². The minimum atomic E-state index is -2.93. The highest BCUT2D eigenvalue weighted by molar-refractivity contribution is 6.53. The highest BCUT2D eigenvalue weighted by atomic mass is 28.4. The normalized spacial score (nSPS) is 37.0. The Labute approximate surface area is 90.2 Å². The predicted octanol–water partition coefficient (Wildman–Crippen LogP) is -1.19. The third-order valence-electron chi connectivity index (χ3n) is 2.43. The molecule has 0 aromatic carbocycles. The van der Waals surface area contributed by atoms with E-state index in [1.54, 1.807) is 0 Å². The molecule has 0 radical (unpaired) electrons. The molecule has 0 aromatic heterocycles.